The number of piperidine rings is 1. The molecule has 6 nitrogen and oxygen atoms in total. The summed E-state index contributed by atoms with van der Waals surface area (Å²) in [6, 6.07) is 4.35. The molecule has 1 N–H and O–H groups in total. The number of carboxylic acid groups (broad SMARTS) is 1. The molecule has 0 radical (unpaired) electrons. The normalized spacial score (nSPS) is 16.8. The predicted octanol–water partition coefficient (Wildman–Crippen LogP) is 3.83. The molecule has 0 aromatic heterocycles. The summed E-state index contributed by atoms with van der Waals surface area (Å²) in [7, 11) is 4.07. The molecule has 1 fully saturated rings. The molecule has 7 heteroatoms. The first-order valence-electron chi connectivity index (χ1n) is 11.6. The summed E-state index contributed by atoms with van der Waals surface area (Å²) in [4.78, 5) is 27.9. The Morgan fingerprint density at radius 3 is 2.47 bits per heavy atom. The van der Waals surface area contributed by atoms with Crippen molar-refractivity contribution in [2.75, 3.05) is 40.3 Å². The number of carbonyl (C=O) groups is 2. The van der Waals surface area contributed by atoms with E-state index in [9.17, 15) is 9.59 Å². The molecular weight excluding hydrogens is 424 g/mol. The molecule has 0 bridgehead atoms. The molecular formula is C25H40N2O4S. The van der Waals surface area contributed by atoms with Gasteiger partial charge in [0.1, 0.15) is 12.4 Å². The quantitative estimate of drug-likeness (QED) is 0.487. The van der Waals surface area contributed by atoms with Crippen LogP contribution in [0.3, 0.4) is 0 Å². The van der Waals surface area contributed by atoms with E-state index in [4.69, 9.17) is 22.5 Å². The van der Waals surface area contributed by atoms with Gasteiger partial charge in [0.15, 0.2) is 0 Å². The highest BCUT2D eigenvalue weighted by Gasteiger charge is 2.31. The number of nitrogens with zero attached hydrogens (tertiary/aromatic N) is 2. The minimum Gasteiger partial charge on any atom is -0.492 e. The van der Waals surface area contributed by atoms with Gasteiger partial charge in [-0.25, -0.2) is 0 Å². The van der Waals surface area contributed by atoms with Crippen molar-refractivity contribution in [1.29, 1.82) is 0 Å². The van der Waals surface area contributed by atoms with E-state index >= 15 is 0 Å². The second kappa shape index (κ2) is 11.9. The molecule has 1 atom stereocenters. The number of amides is 1. The lowest BCUT2D eigenvalue weighted by Gasteiger charge is -2.33. The van der Waals surface area contributed by atoms with E-state index in [-0.39, 0.29) is 11.8 Å². The van der Waals surface area contributed by atoms with Crippen LogP contribution in [0.1, 0.15) is 56.2 Å². The van der Waals surface area contributed by atoms with Gasteiger partial charge in [0.05, 0.1) is 5.92 Å². The number of hydrogen-bond acceptors (Lipinski definition) is 5. The molecule has 1 unspecified atom stereocenters. The number of likely N-dealkylation sites (N-methyl/N-ethyl adjacent to an activating group) is 1. The topological polar surface area (TPSA) is 70.1 Å². The van der Waals surface area contributed by atoms with Crippen molar-refractivity contribution in [3.05, 3.63) is 28.8 Å². The third-order valence-electron chi connectivity index (χ3n) is 6.13. The second-order valence-corrected chi connectivity index (χ2v) is 10.7. The Labute approximate surface area is 198 Å². The number of rotatable bonds is 11. The summed E-state index contributed by atoms with van der Waals surface area (Å²) in [5, 5.41) is 9.17. The zero-order valence-electron chi connectivity index (χ0n) is 20.3. The van der Waals surface area contributed by atoms with E-state index < -0.39 is 10.7 Å². The molecule has 0 saturated carbocycles. The number of ether oxygens (including phenoxy) is 1. The molecule has 0 aliphatic carbocycles. The number of thiol groups is 1. The predicted molar refractivity (Wildman–Crippen MR) is 132 cm³/mol. The van der Waals surface area contributed by atoms with Crippen LogP contribution < -0.4 is 4.74 Å². The molecule has 1 aromatic rings. The summed E-state index contributed by atoms with van der Waals surface area (Å²) in [6.07, 6.45) is 4.06. The van der Waals surface area contributed by atoms with Gasteiger partial charge in [-0.1, -0.05) is 19.4 Å². The van der Waals surface area contributed by atoms with Crippen molar-refractivity contribution in [3.63, 3.8) is 0 Å². The third kappa shape index (κ3) is 8.00. The molecule has 1 aliphatic rings. The Hall–Kier alpha value is -1.73. The zero-order valence-corrected chi connectivity index (χ0v) is 21.2. The fourth-order valence-electron chi connectivity index (χ4n) is 4.19. The van der Waals surface area contributed by atoms with E-state index in [0.29, 0.717) is 45.4 Å². The van der Waals surface area contributed by atoms with Crippen LogP contribution in [0.15, 0.2) is 12.1 Å². The third-order valence-corrected chi connectivity index (χ3v) is 6.45. The van der Waals surface area contributed by atoms with Crippen molar-refractivity contribution in [3.8, 4) is 5.75 Å². The second-order valence-electron chi connectivity index (χ2n) is 9.63. The number of carbonyl (C=O) groups excluding carboxylic acids is 1. The van der Waals surface area contributed by atoms with Crippen molar-refractivity contribution >= 4 is 24.5 Å². The van der Waals surface area contributed by atoms with Gasteiger partial charge in [-0.2, -0.15) is 12.6 Å². The van der Waals surface area contributed by atoms with Crippen LogP contribution in [-0.2, 0) is 22.4 Å². The molecule has 1 aromatic carbocycles. The van der Waals surface area contributed by atoms with E-state index in [1.807, 2.05) is 21.0 Å². The Bertz CT molecular complexity index is 786. The molecule has 0 spiro atoms. The number of benzene rings is 1. The number of carboxylic acids is 1. The lowest BCUT2D eigenvalue weighted by molar-refractivity contribution is -0.145. The highest BCUT2D eigenvalue weighted by molar-refractivity contribution is 7.81. The minimum absolute atomic E-state index is 0.0569. The summed E-state index contributed by atoms with van der Waals surface area (Å²) >= 11 is 4.87. The molecule has 1 aliphatic heterocycles. The SMILES string of the molecule is CCCc1cc(CC(C)(S)CC(=O)N2CCC(C(=O)O)CC2)c(C)cc1OCCN(C)C. The van der Waals surface area contributed by atoms with Crippen molar-refractivity contribution in [2.24, 2.45) is 5.92 Å². The molecule has 1 heterocycles. The highest BCUT2D eigenvalue weighted by atomic mass is 32.1. The van der Waals surface area contributed by atoms with Crippen LogP contribution in [0.25, 0.3) is 0 Å². The summed E-state index contributed by atoms with van der Waals surface area (Å²) in [6.45, 7) is 8.81. The van der Waals surface area contributed by atoms with Crippen molar-refractivity contribution < 1.29 is 19.4 Å². The number of aliphatic carboxylic acids is 1. The van der Waals surface area contributed by atoms with Gasteiger partial charge < -0.3 is 19.6 Å². The first kappa shape index (κ1) is 26.5. The Morgan fingerprint density at radius 1 is 1.25 bits per heavy atom. The molecule has 1 saturated heterocycles. The maximum atomic E-state index is 12.9. The first-order valence-corrected chi connectivity index (χ1v) is 12.1. The van der Waals surface area contributed by atoms with Crippen molar-refractivity contribution in [1.82, 2.24) is 9.80 Å². The maximum Gasteiger partial charge on any atom is 0.306 e. The van der Waals surface area contributed by atoms with Crippen LogP contribution in [0.4, 0.5) is 0 Å². The van der Waals surface area contributed by atoms with Gasteiger partial charge in [0.2, 0.25) is 5.91 Å². The van der Waals surface area contributed by atoms with Gasteiger partial charge in [-0.3, -0.25) is 9.59 Å². The number of aryl methyl sites for hydroxylation is 2. The Kier molecular flexibility index (Phi) is 9.89. The monoisotopic (exact) mass is 464 g/mol. The molecule has 32 heavy (non-hydrogen) atoms. The fraction of sp³-hybridized carbons (Fsp3) is 0.680. The minimum atomic E-state index is -0.761. The smallest absolute Gasteiger partial charge is 0.306 e. The van der Waals surface area contributed by atoms with E-state index in [1.54, 1.807) is 4.90 Å². The van der Waals surface area contributed by atoms with Gasteiger partial charge in [-0.15, -0.1) is 0 Å². The fourth-order valence-corrected chi connectivity index (χ4v) is 4.50. The van der Waals surface area contributed by atoms with E-state index in [0.717, 1.165) is 30.7 Å². The first-order chi connectivity index (χ1) is 15.0. The lowest BCUT2D eigenvalue weighted by atomic mass is 9.90. The average Bonchev–Trinajstić information content (AvgIpc) is 2.70. The summed E-state index contributed by atoms with van der Waals surface area (Å²) < 4.78 is 5.59. The van der Waals surface area contributed by atoms with Crippen LogP contribution in [0, 0.1) is 12.8 Å². The van der Waals surface area contributed by atoms with Crippen LogP contribution in [0.5, 0.6) is 5.75 Å². The number of likely N-dealkylation sites (tertiary alicyclic amines) is 1. The van der Waals surface area contributed by atoms with Gasteiger partial charge in [0, 0.05) is 30.8 Å². The Balaban J connectivity index is 2.05. The van der Waals surface area contributed by atoms with E-state index in [2.05, 4.69) is 30.9 Å². The standard InChI is InChI=1S/C25H40N2O4S/c1-6-7-20-15-21(18(2)14-22(20)31-13-12-26(4)5)16-25(3,32)17-23(28)27-10-8-19(9-11-27)24(29)30/h14-15,19,32H,6-13,16-17H2,1-5H3,(H,29,30). The van der Waals surface area contributed by atoms with Crippen molar-refractivity contribution in [2.45, 2.75) is 64.0 Å². The van der Waals surface area contributed by atoms with E-state index in [1.165, 1.54) is 11.1 Å². The number of hydrogen-bond donors (Lipinski definition) is 2. The Morgan fingerprint density at radius 2 is 1.91 bits per heavy atom. The van der Waals surface area contributed by atoms with Crippen LogP contribution in [-0.4, -0.2) is 71.9 Å². The van der Waals surface area contributed by atoms with Gasteiger partial charge in [-0.05, 0) is 76.4 Å². The van der Waals surface area contributed by atoms with Gasteiger partial charge >= 0.3 is 5.97 Å². The van der Waals surface area contributed by atoms with Crippen LogP contribution in [0.2, 0.25) is 0 Å². The molecule has 1 amide bonds. The maximum absolute atomic E-state index is 12.9. The largest absolute Gasteiger partial charge is 0.492 e. The summed E-state index contributed by atoms with van der Waals surface area (Å²) in [5.74, 6) is -0.0854. The highest BCUT2D eigenvalue weighted by Crippen LogP contribution is 2.32. The molecule has 2 rings (SSSR count). The summed E-state index contributed by atoms with van der Waals surface area (Å²) in [5.41, 5.74) is 3.56. The average molecular weight is 465 g/mol. The zero-order chi connectivity index (χ0) is 23.9. The van der Waals surface area contributed by atoms with Crippen LogP contribution >= 0.6 is 12.6 Å². The molecule has 180 valence electrons. The van der Waals surface area contributed by atoms with Gasteiger partial charge in [0.25, 0.3) is 0 Å². The lowest BCUT2D eigenvalue weighted by Crippen LogP contribution is -2.42.